The molecule has 0 atom stereocenters. The molecule has 102 valence electrons. The number of aryl methyl sites for hydroxylation is 1. The average Bonchev–Trinajstić information content (AvgIpc) is 2.38. The van der Waals surface area contributed by atoms with Gasteiger partial charge in [-0.1, -0.05) is 24.3 Å². The molecule has 0 saturated carbocycles. The number of para-hydroxylation sites is 2. The maximum atomic E-state index is 10.9. The number of nitro benzene ring substituents is 1. The average molecular weight is 287 g/mol. The lowest BCUT2D eigenvalue weighted by molar-refractivity contribution is -0.383. The standard InChI is InChI=1S/C14H13N3O2S/c1-10-5-4-6-11(9-10)15-14(20)16-12-7-2-3-8-13(12)17(18)19/h2-9H,1H3,(H2,15,16,20). The number of rotatable bonds is 3. The molecule has 2 aromatic carbocycles. The Labute approximate surface area is 121 Å². The first kappa shape index (κ1) is 14.0. The van der Waals surface area contributed by atoms with Crippen LogP contribution in [0, 0.1) is 17.0 Å². The van der Waals surface area contributed by atoms with E-state index in [1.807, 2.05) is 31.2 Å². The van der Waals surface area contributed by atoms with E-state index in [0.29, 0.717) is 10.8 Å². The number of nitro groups is 1. The quantitative estimate of drug-likeness (QED) is 0.511. The number of nitrogens with zero attached hydrogens (tertiary/aromatic N) is 1. The highest BCUT2D eigenvalue weighted by Gasteiger charge is 2.13. The summed E-state index contributed by atoms with van der Waals surface area (Å²) in [7, 11) is 0. The summed E-state index contributed by atoms with van der Waals surface area (Å²) >= 11 is 5.16. The van der Waals surface area contributed by atoms with Crippen LogP contribution in [0.5, 0.6) is 0 Å². The number of benzene rings is 2. The van der Waals surface area contributed by atoms with Crippen molar-refractivity contribution in [3.05, 3.63) is 64.2 Å². The lowest BCUT2D eigenvalue weighted by Crippen LogP contribution is -2.19. The molecule has 5 nitrogen and oxygen atoms in total. The highest BCUT2D eigenvalue weighted by atomic mass is 32.1. The smallest absolute Gasteiger partial charge is 0.292 e. The highest BCUT2D eigenvalue weighted by Crippen LogP contribution is 2.23. The van der Waals surface area contributed by atoms with Crippen molar-refractivity contribution in [2.75, 3.05) is 10.6 Å². The van der Waals surface area contributed by atoms with Crippen LogP contribution >= 0.6 is 12.2 Å². The summed E-state index contributed by atoms with van der Waals surface area (Å²) in [6.07, 6.45) is 0. The normalized spacial score (nSPS) is 9.85. The lowest BCUT2D eigenvalue weighted by atomic mass is 10.2. The van der Waals surface area contributed by atoms with Gasteiger partial charge in [-0.2, -0.15) is 0 Å². The molecule has 0 aliphatic rings. The molecule has 2 rings (SSSR count). The van der Waals surface area contributed by atoms with Gasteiger partial charge in [0.1, 0.15) is 5.69 Å². The lowest BCUT2D eigenvalue weighted by Gasteiger charge is -2.11. The largest absolute Gasteiger partial charge is 0.332 e. The van der Waals surface area contributed by atoms with Gasteiger partial charge in [-0.05, 0) is 42.9 Å². The van der Waals surface area contributed by atoms with Crippen LogP contribution in [0.15, 0.2) is 48.5 Å². The zero-order chi connectivity index (χ0) is 14.5. The summed E-state index contributed by atoms with van der Waals surface area (Å²) in [5.41, 5.74) is 2.29. The Morgan fingerprint density at radius 3 is 2.60 bits per heavy atom. The molecule has 6 heteroatoms. The van der Waals surface area contributed by atoms with E-state index in [1.165, 1.54) is 6.07 Å². The van der Waals surface area contributed by atoms with Gasteiger partial charge in [-0.25, -0.2) is 0 Å². The number of thiocarbonyl (C=S) groups is 1. The Hall–Kier alpha value is -2.47. The molecule has 0 aliphatic heterocycles. The van der Waals surface area contributed by atoms with Crippen LogP contribution < -0.4 is 10.6 Å². The van der Waals surface area contributed by atoms with Gasteiger partial charge in [0.05, 0.1) is 4.92 Å². The number of anilines is 2. The van der Waals surface area contributed by atoms with Crippen molar-refractivity contribution < 1.29 is 4.92 Å². The summed E-state index contributed by atoms with van der Waals surface area (Å²) in [4.78, 5) is 10.5. The third-order valence-electron chi connectivity index (χ3n) is 2.62. The van der Waals surface area contributed by atoms with E-state index in [1.54, 1.807) is 18.2 Å². The molecule has 0 aliphatic carbocycles. The predicted octanol–water partition coefficient (Wildman–Crippen LogP) is 3.71. The molecular weight excluding hydrogens is 274 g/mol. The second kappa shape index (κ2) is 6.12. The highest BCUT2D eigenvalue weighted by molar-refractivity contribution is 7.80. The third-order valence-corrected chi connectivity index (χ3v) is 2.83. The third kappa shape index (κ3) is 3.52. The molecule has 0 radical (unpaired) electrons. The molecule has 2 aromatic rings. The van der Waals surface area contributed by atoms with Crippen LogP contribution in [0.4, 0.5) is 17.1 Å². The van der Waals surface area contributed by atoms with Gasteiger partial charge in [0, 0.05) is 11.8 Å². The second-order valence-electron chi connectivity index (χ2n) is 4.22. The number of nitrogens with one attached hydrogen (secondary N) is 2. The number of hydrogen-bond acceptors (Lipinski definition) is 3. The van der Waals surface area contributed by atoms with Crippen molar-refractivity contribution in [1.29, 1.82) is 0 Å². The Bertz CT molecular complexity index is 658. The van der Waals surface area contributed by atoms with E-state index in [9.17, 15) is 10.1 Å². The fraction of sp³-hybridized carbons (Fsp3) is 0.0714. The van der Waals surface area contributed by atoms with Crippen LogP contribution in [-0.2, 0) is 0 Å². The Morgan fingerprint density at radius 2 is 1.90 bits per heavy atom. The van der Waals surface area contributed by atoms with Gasteiger partial charge in [0.15, 0.2) is 5.11 Å². The summed E-state index contributed by atoms with van der Waals surface area (Å²) in [5, 5.41) is 17.1. The van der Waals surface area contributed by atoms with Crippen LogP contribution in [0.1, 0.15) is 5.56 Å². The minimum Gasteiger partial charge on any atom is -0.332 e. The predicted molar refractivity (Wildman–Crippen MR) is 84.1 cm³/mol. The first-order valence-electron chi connectivity index (χ1n) is 5.94. The molecule has 0 fully saturated rings. The fourth-order valence-electron chi connectivity index (χ4n) is 1.75. The first-order chi connectivity index (χ1) is 9.56. The van der Waals surface area contributed by atoms with Gasteiger partial charge in [0.25, 0.3) is 5.69 Å². The second-order valence-corrected chi connectivity index (χ2v) is 4.63. The first-order valence-corrected chi connectivity index (χ1v) is 6.35. The Kier molecular flexibility index (Phi) is 4.27. The van der Waals surface area contributed by atoms with Gasteiger partial charge in [-0.15, -0.1) is 0 Å². The maximum absolute atomic E-state index is 10.9. The van der Waals surface area contributed by atoms with E-state index in [0.717, 1.165) is 11.3 Å². The summed E-state index contributed by atoms with van der Waals surface area (Å²) in [6, 6.07) is 14.1. The number of hydrogen-bond donors (Lipinski definition) is 2. The fourth-order valence-corrected chi connectivity index (χ4v) is 1.97. The molecule has 0 bridgehead atoms. The van der Waals surface area contributed by atoms with Crippen molar-refractivity contribution in [1.82, 2.24) is 0 Å². The van der Waals surface area contributed by atoms with Gasteiger partial charge < -0.3 is 10.6 Å². The zero-order valence-electron chi connectivity index (χ0n) is 10.8. The van der Waals surface area contributed by atoms with E-state index < -0.39 is 4.92 Å². The van der Waals surface area contributed by atoms with E-state index in [-0.39, 0.29) is 5.69 Å². The topological polar surface area (TPSA) is 67.2 Å². The van der Waals surface area contributed by atoms with E-state index >= 15 is 0 Å². The molecule has 0 heterocycles. The molecule has 0 spiro atoms. The monoisotopic (exact) mass is 287 g/mol. The van der Waals surface area contributed by atoms with Crippen LogP contribution in [0.2, 0.25) is 0 Å². The Balaban J connectivity index is 2.11. The van der Waals surface area contributed by atoms with E-state index in [4.69, 9.17) is 12.2 Å². The SMILES string of the molecule is Cc1cccc(NC(=S)Nc2ccccc2[N+](=O)[O-])c1. The molecule has 0 unspecified atom stereocenters. The molecule has 0 amide bonds. The van der Waals surface area contributed by atoms with Crippen molar-refractivity contribution in [2.45, 2.75) is 6.92 Å². The summed E-state index contributed by atoms with van der Waals surface area (Å²) in [5.74, 6) is 0. The molecule has 0 aromatic heterocycles. The van der Waals surface area contributed by atoms with Crippen molar-refractivity contribution in [3.8, 4) is 0 Å². The minimum absolute atomic E-state index is 0.0131. The van der Waals surface area contributed by atoms with Gasteiger partial charge in [-0.3, -0.25) is 10.1 Å². The summed E-state index contributed by atoms with van der Waals surface area (Å²) in [6.45, 7) is 1.98. The van der Waals surface area contributed by atoms with Crippen molar-refractivity contribution >= 4 is 34.4 Å². The van der Waals surface area contributed by atoms with E-state index in [2.05, 4.69) is 10.6 Å². The van der Waals surface area contributed by atoms with Crippen molar-refractivity contribution in [2.24, 2.45) is 0 Å². The Morgan fingerprint density at radius 1 is 1.15 bits per heavy atom. The molecule has 0 saturated heterocycles. The molecular formula is C14H13N3O2S. The molecule has 20 heavy (non-hydrogen) atoms. The zero-order valence-corrected chi connectivity index (χ0v) is 11.6. The van der Waals surface area contributed by atoms with Crippen LogP contribution in [0.3, 0.4) is 0 Å². The minimum atomic E-state index is -0.447. The van der Waals surface area contributed by atoms with Crippen LogP contribution in [-0.4, -0.2) is 10.0 Å². The summed E-state index contributed by atoms with van der Waals surface area (Å²) < 4.78 is 0. The van der Waals surface area contributed by atoms with Crippen molar-refractivity contribution in [3.63, 3.8) is 0 Å². The maximum Gasteiger partial charge on any atom is 0.292 e. The van der Waals surface area contributed by atoms with Crippen LogP contribution in [0.25, 0.3) is 0 Å². The molecule has 2 N–H and O–H groups in total. The van der Waals surface area contributed by atoms with Gasteiger partial charge >= 0.3 is 0 Å². The van der Waals surface area contributed by atoms with Gasteiger partial charge in [0.2, 0.25) is 0 Å².